The standard InChI is InChI=1S/C12H18N2O/c1-2-14(8-10-3-4-10)12-5-6-13-11(7-12)9-15/h5-7,10,15H,2-4,8-9H2,1H3. The first-order valence-electron chi connectivity index (χ1n) is 5.64. The van der Waals surface area contributed by atoms with Crippen molar-refractivity contribution in [3.63, 3.8) is 0 Å². The zero-order valence-corrected chi connectivity index (χ0v) is 9.19. The normalized spacial score (nSPS) is 15.3. The van der Waals surface area contributed by atoms with Crippen LogP contribution in [0.25, 0.3) is 0 Å². The maximum Gasteiger partial charge on any atom is 0.0853 e. The third-order valence-electron chi connectivity index (χ3n) is 2.88. The van der Waals surface area contributed by atoms with Crippen LogP contribution in [0.15, 0.2) is 18.3 Å². The minimum atomic E-state index is 0.0226. The summed E-state index contributed by atoms with van der Waals surface area (Å²) in [6, 6.07) is 4.00. The molecular weight excluding hydrogens is 188 g/mol. The van der Waals surface area contributed by atoms with Crippen molar-refractivity contribution in [2.24, 2.45) is 5.92 Å². The summed E-state index contributed by atoms with van der Waals surface area (Å²) in [7, 11) is 0. The molecule has 0 unspecified atom stereocenters. The van der Waals surface area contributed by atoms with E-state index in [1.165, 1.54) is 18.5 Å². The highest BCUT2D eigenvalue weighted by Crippen LogP contribution is 2.31. The van der Waals surface area contributed by atoms with Crippen LogP contribution < -0.4 is 4.90 Å². The van der Waals surface area contributed by atoms with E-state index in [0.717, 1.165) is 24.7 Å². The number of anilines is 1. The van der Waals surface area contributed by atoms with Gasteiger partial charge in [-0.3, -0.25) is 4.98 Å². The predicted molar refractivity (Wildman–Crippen MR) is 60.8 cm³/mol. The van der Waals surface area contributed by atoms with Crippen LogP contribution in [0.4, 0.5) is 5.69 Å². The van der Waals surface area contributed by atoms with Gasteiger partial charge in [0, 0.05) is 25.0 Å². The van der Waals surface area contributed by atoms with Crippen molar-refractivity contribution in [3.05, 3.63) is 24.0 Å². The van der Waals surface area contributed by atoms with E-state index in [4.69, 9.17) is 5.11 Å². The monoisotopic (exact) mass is 206 g/mol. The van der Waals surface area contributed by atoms with E-state index in [1.807, 2.05) is 12.1 Å². The first-order valence-corrected chi connectivity index (χ1v) is 5.64. The lowest BCUT2D eigenvalue weighted by atomic mass is 10.2. The largest absolute Gasteiger partial charge is 0.390 e. The fraction of sp³-hybridized carbons (Fsp3) is 0.583. The Morgan fingerprint density at radius 3 is 2.93 bits per heavy atom. The molecule has 1 aromatic heterocycles. The van der Waals surface area contributed by atoms with Crippen molar-refractivity contribution in [2.45, 2.75) is 26.4 Å². The summed E-state index contributed by atoms with van der Waals surface area (Å²) in [6.07, 6.45) is 4.51. The molecule has 2 rings (SSSR count). The number of aliphatic hydroxyl groups excluding tert-OH is 1. The van der Waals surface area contributed by atoms with Crippen LogP contribution in [0.5, 0.6) is 0 Å². The molecule has 3 heteroatoms. The van der Waals surface area contributed by atoms with Crippen molar-refractivity contribution >= 4 is 5.69 Å². The molecule has 1 fully saturated rings. The van der Waals surface area contributed by atoms with Crippen LogP contribution in [0, 0.1) is 5.92 Å². The molecule has 0 atom stereocenters. The highest BCUT2D eigenvalue weighted by Gasteiger charge is 2.23. The zero-order chi connectivity index (χ0) is 10.7. The van der Waals surface area contributed by atoms with Gasteiger partial charge in [0.2, 0.25) is 0 Å². The Balaban J connectivity index is 2.09. The summed E-state index contributed by atoms with van der Waals surface area (Å²) in [5, 5.41) is 9.03. The summed E-state index contributed by atoms with van der Waals surface area (Å²) in [5.74, 6) is 0.885. The van der Waals surface area contributed by atoms with Gasteiger partial charge in [0.25, 0.3) is 0 Å². The highest BCUT2D eigenvalue weighted by molar-refractivity contribution is 5.46. The Morgan fingerprint density at radius 2 is 2.33 bits per heavy atom. The second-order valence-corrected chi connectivity index (χ2v) is 4.15. The van der Waals surface area contributed by atoms with Gasteiger partial charge in [-0.25, -0.2) is 0 Å². The van der Waals surface area contributed by atoms with E-state index in [2.05, 4.69) is 16.8 Å². The molecule has 0 amide bonds. The topological polar surface area (TPSA) is 36.4 Å². The Morgan fingerprint density at radius 1 is 1.53 bits per heavy atom. The Kier molecular flexibility index (Phi) is 3.21. The number of nitrogens with zero attached hydrogens (tertiary/aromatic N) is 2. The van der Waals surface area contributed by atoms with Gasteiger partial charge >= 0.3 is 0 Å². The molecule has 1 aliphatic rings. The molecule has 1 N–H and O–H groups in total. The van der Waals surface area contributed by atoms with Gasteiger partial charge in [0.05, 0.1) is 12.3 Å². The van der Waals surface area contributed by atoms with E-state index < -0.39 is 0 Å². The van der Waals surface area contributed by atoms with Crippen LogP contribution in [0.1, 0.15) is 25.5 Å². The molecule has 3 nitrogen and oxygen atoms in total. The Bertz CT molecular complexity index is 323. The van der Waals surface area contributed by atoms with Gasteiger partial charge in [0.1, 0.15) is 0 Å². The van der Waals surface area contributed by atoms with E-state index in [-0.39, 0.29) is 6.61 Å². The van der Waals surface area contributed by atoms with Gasteiger partial charge in [-0.15, -0.1) is 0 Å². The molecule has 0 aromatic carbocycles. The molecule has 1 aromatic rings. The zero-order valence-electron chi connectivity index (χ0n) is 9.19. The minimum absolute atomic E-state index is 0.0226. The molecule has 82 valence electrons. The number of hydrogen-bond acceptors (Lipinski definition) is 3. The molecule has 0 radical (unpaired) electrons. The number of pyridine rings is 1. The van der Waals surface area contributed by atoms with Gasteiger partial charge in [0.15, 0.2) is 0 Å². The average molecular weight is 206 g/mol. The van der Waals surface area contributed by atoms with Gasteiger partial charge in [-0.05, 0) is 37.8 Å². The summed E-state index contributed by atoms with van der Waals surface area (Å²) in [5.41, 5.74) is 1.94. The second-order valence-electron chi connectivity index (χ2n) is 4.15. The molecule has 1 saturated carbocycles. The SMILES string of the molecule is CCN(CC1CC1)c1ccnc(CO)c1. The van der Waals surface area contributed by atoms with Crippen LogP contribution >= 0.6 is 0 Å². The fourth-order valence-corrected chi connectivity index (χ4v) is 1.78. The Hall–Kier alpha value is -1.09. The maximum atomic E-state index is 9.03. The van der Waals surface area contributed by atoms with Crippen molar-refractivity contribution in [3.8, 4) is 0 Å². The van der Waals surface area contributed by atoms with Crippen molar-refractivity contribution in [1.82, 2.24) is 4.98 Å². The van der Waals surface area contributed by atoms with Gasteiger partial charge in [-0.2, -0.15) is 0 Å². The number of aromatic nitrogens is 1. The van der Waals surface area contributed by atoms with Gasteiger partial charge < -0.3 is 10.0 Å². The second kappa shape index (κ2) is 4.62. The molecular formula is C12H18N2O. The third kappa shape index (κ3) is 2.69. The summed E-state index contributed by atoms with van der Waals surface area (Å²) in [6.45, 7) is 4.35. The van der Waals surface area contributed by atoms with E-state index in [9.17, 15) is 0 Å². The first-order chi connectivity index (χ1) is 7.33. The molecule has 1 aliphatic carbocycles. The third-order valence-corrected chi connectivity index (χ3v) is 2.88. The lowest BCUT2D eigenvalue weighted by molar-refractivity contribution is 0.277. The van der Waals surface area contributed by atoms with Crippen molar-refractivity contribution in [1.29, 1.82) is 0 Å². The number of aliphatic hydroxyl groups is 1. The van der Waals surface area contributed by atoms with E-state index in [0.29, 0.717) is 0 Å². The highest BCUT2D eigenvalue weighted by atomic mass is 16.3. The molecule has 1 heterocycles. The maximum absolute atomic E-state index is 9.03. The average Bonchev–Trinajstić information content (AvgIpc) is 3.10. The Labute approximate surface area is 90.8 Å². The summed E-state index contributed by atoms with van der Waals surface area (Å²) < 4.78 is 0. The fourth-order valence-electron chi connectivity index (χ4n) is 1.78. The number of rotatable bonds is 5. The van der Waals surface area contributed by atoms with Crippen molar-refractivity contribution < 1.29 is 5.11 Å². The lowest BCUT2D eigenvalue weighted by Gasteiger charge is -2.23. The number of hydrogen-bond donors (Lipinski definition) is 1. The minimum Gasteiger partial charge on any atom is -0.390 e. The molecule has 0 saturated heterocycles. The molecule has 15 heavy (non-hydrogen) atoms. The van der Waals surface area contributed by atoms with Gasteiger partial charge in [-0.1, -0.05) is 0 Å². The smallest absolute Gasteiger partial charge is 0.0853 e. The lowest BCUT2D eigenvalue weighted by Crippen LogP contribution is -2.25. The first kappa shape index (κ1) is 10.4. The summed E-state index contributed by atoms with van der Waals surface area (Å²) in [4.78, 5) is 6.45. The predicted octanol–water partition coefficient (Wildman–Crippen LogP) is 1.81. The molecule has 0 aliphatic heterocycles. The van der Waals surface area contributed by atoms with E-state index in [1.54, 1.807) is 6.20 Å². The summed E-state index contributed by atoms with van der Waals surface area (Å²) >= 11 is 0. The van der Waals surface area contributed by atoms with Crippen LogP contribution in [-0.2, 0) is 6.61 Å². The van der Waals surface area contributed by atoms with E-state index >= 15 is 0 Å². The molecule has 0 spiro atoms. The molecule has 0 bridgehead atoms. The van der Waals surface area contributed by atoms with Crippen LogP contribution in [-0.4, -0.2) is 23.2 Å². The van der Waals surface area contributed by atoms with Crippen LogP contribution in [0.2, 0.25) is 0 Å². The quantitative estimate of drug-likeness (QED) is 0.798. The van der Waals surface area contributed by atoms with Crippen LogP contribution in [0.3, 0.4) is 0 Å². The van der Waals surface area contributed by atoms with Crippen molar-refractivity contribution in [2.75, 3.05) is 18.0 Å².